The number of phenolic OH excluding ortho intramolecular Hbond substituents is 1. The molecule has 0 saturated carbocycles. The molecule has 0 radical (unpaired) electrons. The summed E-state index contributed by atoms with van der Waals surface area (Å²) >= 11 is 0. The van der Waals surface area contributed by atoms with E-state index in [4.69, 9.17) is 18.4 Å². The summed E-state index contributed by atoms with van der Waals surface area (Å²) in [6, 6.07) is 9.58. The Balaban J connectivity index is 1.54. The van der Waals surface area contributed by atoms with E-state index in [1.165, 1.54) is 24.3 Å². The zero-order valence-electron chi connectivity index (χ0n) is 35.5. The Morgan fingerprint density at radius 2 is 0.959 bits per heavy atom. The Kier molecular flexibility index (Phi) is 10.0. The minimum atomic E-state index is -5.76. The smallest absolute Gasteiger partial charge is 0.339 e. The number of phenols is 1. The number of aromatic hydroxyl groups is 1. The van der Waals surface area contributed by atoms with Crippen molar-refractivity contribution < 1.29 is 111 Å². The normalized spacial score (nSPS) is 13.9. The lowest BCUT2D eigenvalue weighted by Gasteiger charge is -2.29. The molecule has 0 aromatic heterocycles. The monoisotopic (exact) mass is 1120 g/mol. The number of benzene rings is 11. The summed E-state index contributed by atoms with van der Waals surface area (Å²) < 4.78 is 226. The molecule has 0 aliphatic rings. The van der Waals surface area contributed by atoms with Crippen LogP contribution in [0.4, 0.5) is 0 Å². The number of aromatic carboxylic acids is 1. The van der Waals surface area contributed by atoms with Gasteiger partial charge in [-0.3, -0.25) is 22.8 Å². The maximum Gasteiger partial charge on any atom is 0.339 e. The highest BCUT2D eigenvalue weighted by molar-refractivity contribution is 7.89. The molecule has 0 fully saturated rings. The summed E-state index contributed by atoms with van der Waals surface area (Å²) in [4.78, 5) is 25.0. The first-order valence-corrected chi connectivity index (χ1v) is 29.3. The minimum Gasteiger partial charge on any atom is -0.507 e. The summed E-state index contributed by atoms with van der Waals surface area (Å²) in [5.74, 6) is -11.7. The molecule has 0 unspecified atom stereocenters. The van der Waals surface area contributed by atoms with Crippen LogP contribution in [0.1, 0.15) is 20.7 Å². The number of carbonyl (C=O) groups excluding carboxylic acids is 1. The average molecular weight is 1120 g/mol. The van der Waals surface area contributed by atoms with E-state index in [1.54, 1.807) is 0 Å². The molecule has 11 aromatic rings. The molecular formula is C42H24O25S6. The number of ether oxygens (including phenoxy) is 3. The van der Waals surface area contributed by atoms with E-state index in [1.807, 2.05) is 0 Å². The van der Waals surface area contributed by atoms with Crippen molar-refractivity contribution in [3.63, 3.8) is 0 Å². The van der Waals surface area contributed by atoms with Crippen LogP contribution in [0, 0.1) is 0 Å². The Hall–Kier alpha value is -6.88. The topological polar surface area (TPSA) is 418 Å². The second-order valence-corrected chi connectivity index (χ2v) is 25.2. The molecule has 0 spiro atoms. The SMILES string of the molecule is O=C(OCS(=O)(=O)O)c1ccc2c(S(=O)(=O)OCS(=O)(=O)O)c3cc4c(S(=O)(=O)O)c(C(=O)O)c5cc6ccc(O)c7cc8c(OCS(=O)(=O)O)cc9c%10c(OCS(=O)(=O)O)cc1c2c%10c3c1c4c5c(c67)c8c91. The Bertz CT molecular complexity index is 5050. The van der Waals surface area contributed by atoms with Crippen LogP contribution in [0.2, 0.25) is 0 Å². The molecule has 0 heterocycles. The molecule has 31 heteroatoms. The zero-order valence-corrected chi connectivity index (χ0v) is 40.4. The van der Waals surface area contributed by atoms with Gasteiger partial charge in [0.25, 0.3) is 30.4 Å². The highest BCUT2D eigenvalue weighted by Crippen LogP contribution is 2.60. The largest absolute Gasteiger partial charge is 0.507 e. The van der Waals surface area contributed by atoms with Gasteiger partial charge >= 0.3 is 42.3 Å². The maximum atomic E-state index is 14.8. The van der Waals surface area contributed by atoms with Crippen LogP contribution in [0.15, 0.2) is 64.4 Å². The van der Waals surface area contributed by atoms with Gasteiger partial charge in [-0.1, -0.05) is 12.1 Å². The van der Waals surface area contributed by atoms with E-state index in [-0.39, 0.29) is 75.4 Å². The van der Waals surface area contributed by atoms with Crippen molar-refractivity contribution in [1.29, 1.82) is 0 Å². The van der Waals surface area contributed by atoms with Crippen LogP contribution >= 0.6 is 0 Å². The van der Waals surface area contributed by atoms with Gasteiger partial charge in [0.05, 0.1) is 11.1 Å². The number of rotatable bonds is 15. The summed E-state index contributed by atoms with van der Waals surface area (Å²) in [7, 11) is -32.0. The Labute approximate surface area is 406 Å². The van der Waals surface area contributed by atoms with Crippen molar-refractivity contribution in [1.82, 2.24) is 0 Å². The van der Waals surface area contributed by atoms with Gasteiger partial charge < -0.3 is 24.4 Å². The van der Waals surface area contributed by atoms with Gasteiger partial charge in [0, 0.05) is 70.0 Å². The molecule has 0 aliphatic heterocycles. The van der Waals surface area contributed by atoms with Gasteiger partial charge in [0.1, 0.15) is 27.0 Å². The highest BCUT2D eigenvalue weighted by atomic mass is 32.2. The number of hydrogen-bond acceptors (Lipinski definition) is 19. The fourth-order valence-corrected chi connectivity index (χ4v) is 14.0. The van der Waals surface area contributed by atoms with E-state index in [2.05, 4.69) is 0 Å². The standard InChI is InChI=1S/C42H24O25S6/c43-24-4-1-14-5-20-31-33-23(40(72(59,60)61)35(20)41(44)45)7-22-34-37-28-16(39(22)73(62,63)67-13-71(56,57)58)3-2-15(42(46)66-12-70(53,54)55)17(28)8-26(65-11-69(50,51)52)29(37)21-9-25(64-10-68(47,48)49)19-6-18(24)27(14)36(31)30(19)32(21)38(33)34/h1-9,43H,10-13H2,(H,44,45)(H,47,48,49)(H,50,51,52)(H,53,54,55)(H,56,57,58)(H,59,60,61). The molecule has 25 nitrogen and oxygen atoms in total. The lowest BCUT2D eigenvalue weighted by molar-refractivity contribution is 0.0566. The first kappa shape index (κ1) is 48.4. The first-order valence-electron chi connectivity index (χ1n) is 20.0. The molecule has 378 valence electrons. The van der Waals surface area contributed by atoms with E-state index < -0.39 is 167 Å². The van der Waals surface area contributed by atoms with Crippen LogP contribution in [0.25, 0.3) is 108 Å². The molecular weight excluding hydrogens is 1100 g/mol. The number of carbonyl (C=O) groups is 2. The van der Waals surface area contributed by atoms with Gasteiger partial charge in [-0.05, 0) is 80.2 Å². The van der Waals surface area contributed by atoms with Crippen LogP contribution in [0.3, 0.4) is 0 Å². The molecule has 0 bridgehead atoms. The average Bonchev–Trinajstić information content (AvgIpc) is 3.27. The van der Waals surface area contributed by atoms with E-state index >= 15 is 0 Å². The van der Waals surface area contributed by atoms with E-state index in [0.717, 1.165) is 30.3 Å². The van der Waals surface area contributed by atoms with Crippen molar-refractivity contribution in [2.75, 3.05) is 23.8 Å². The lowest BCUT2D eigenvalue weighted by atomic mass is 9.76. The van der Waals surface area contributed by atoms with Crippen LogP contribution < -0.4 is 9.47 Å². The fourth-order valence-electron chi connectivity index (χ4n) is 10.3. The fraction of sp³-hybridized carbons (Fsp3) is 0.0952. The number of hydrogen-bond donors (Lipinski definition) is 7. The van der Waals surface area contributed by atoms with Crippen molar-refractivity contribution in [3.8, 4) is 17.2 Å². The summed E-state index contributed by atoms with van der Waals surface area (Å²) in [6.07, 6.45) is 0. The van der Waals surface area contributed by atoms with Crippen molar-refractivity contribution in [2.24, 2.45) is 0 Å². The van der Waals surface area contributed by atoms with Gasteiger partial charge in [0.15, 0.2) is 5.94 Å². The van der Waals surface area contributed by atoms with Gasteiger partial charge in [0.2, 0.25) is 17.8 Å². The third kappa shape index (κ3) is 7.33. The Morgan fingerprint density at radius 3 is 1.58 bits per heavy atom. The van der Waals surface area contributed by atoms with Gasteiger partial charge in [-0.25, -0.2) is 13.8 Å². The minimum absolute atomic E-state index is 0.000946. The third-order valence-corrected chi connectivity index (χ3v) is 16.5. The van der Waals surface area contributed by atoms with Crippen molar-refractivity contribution in [3.05, 3.63) is 65.7 Å². The summed E-state index contributed by atoms with van der Waals surface area (Å²) in [6.45, 7) is 0. The van der Waals surface area contributed by atoms with E-state index in [9.17, 15) is 93.1 Å². The molecule has 0 aliphatic carbocycles. The lowest BCUT2D eigenvalue weighted by Crippen LogP contribution is -2.16. The maximum absolute atomic E-state index is 14.8. The van der Waals surface area contributed by atoms with Crippen LogP contribution in [-0.2, 0) is 69.6 Å². The quantitative estimate of drug-likeness (QED) is 0.0232. The number of carboxylic acids is 1. The molecule has 73 heavy (non-hydrogen) atoms. The van der Waals surface area contributed by atoms with Gasteiger partial charge in [-0.2, -0.15) is 50.5 Å². The first-order chi connectivity index (χ1) is 33.8. The molecule has 0 saturated heterocycles. The highest BCUT2D eigenvalue weighted by Gasteiger charge is 2.38. The molecule has 0 atom stereocenters. The molecule has 11 aromatic carbocycles. The Morgan fingerprint density at radius 1 is 0.438 bits per heavy atom. The molecule has 7 N–H and O–H groups in total. The number of carboxylic acid groups (broad SMARTS) is 1. The number of esters is 1. The summed E-state index contributed by atoms with van der Waals surface area (Å²) in [5.41, 5.74) is -1.76. The van der Waals surface area contributed by atoms with Crippen molar-refractivity contribution >= 4 is 180 Å². The molecule has 11 rings (SSSR count). The van der Waals surface area contributed by atoms with Crippen LogP contribution in [-0.4, -0.2) is 119 Å². The predicted octanol–water partition coefficient (Wildman–Crippen LogP) is 5.06. The van der Waals surface area contributed by atoms with E-state index in [0.29, 0.717) is 0 Å². The third-order valence-electron chi connectivity index (χ3n) is 12.4. The zero-order chi connectivity index (χ0) is 52.8. The second-order valence-electron chi connectivity index (χ2n) is 16.7. The molecule has 0 amide bonds. The summed E-state index contributed by atoms with van der Waals surface area (Å²) in [5, 5.41) is 17.2. The predicted molar refractivity (Wildman–Crippen MR) is 256 cm³/mol. The number of fused-ring (bicyclic) bond motifs is 1. The van der Waals surface area contributed by atoms with Gasteiger partial charge in [-0.15, -0.1) is 0 Å². The second kappa shape index (κ2) is 15.1. The van der Waals surface area contributed by atoms with Crippen LogP contribution in [0.5, 0.6) is 17.2 Å². The van der Waals surface area contributed by atoms with Crippen molar-refractivity contribution in [2.45, 2.75) is 9.79 Å².